The summed E-state index contributed by atoms with van der Waals surface area (Å²) in [6.07, 6.45) is 0.411. The minimum atomic E-state index is -3.19. The van der Waals surface area contributed by atoms with Gasteiger partial charge in [0, 0.05) is 37.2 Å². The zero-order valence-corrected chi connectivity index (χ0v) is 20.2. The summed E-state index contributed by atoms with van der Waals surface area (Å²) < 4.78 is 44.6. The molecular formula is C25H21F3N8O2. The lowest BCUT2D eigenvalue weighted by atomic mass is 10.0. The third-order valence-electron chi connectivity index (χ3n) is 6.27. The van der Waals surface area contributed by atoms with Gasteiger partial charge in [0.15, 0.2) is 5.82 Å². The van der Waals surface area contributed by atoms with Gasteiger partial charge in [-0.25, -0.2) is 27.8 Å². The maximum atomic E-state index is 14.9. The molecule has 13 heteroatoms. The number of nitrogens with zero attached hydrogens (tertiary/aromatic N) is 6. The van der Waals surface area contributed by atoms with Crippen LogP contribution in [0.4, 0.5) is 13.2 Å². The van der Waals surface area contributed by atoms with Crippen molar-refractivity contribution >= 4 is 11.8 Å². The maximum Gasteiger partial charge on any atom is 0.275 e. The van der Waals surface area contributed by atoms with Crippen LogP contribution in [0.2, 0.25) is 0 Å². The van der Waals surface area contributed by atoms with Gasteiger partial charge in [-0.15, -0.1) is 5.10 Å². The van der Waals surface area contributed by atoms with Gasteiger partial charge < -0.3 is 10.6 Å². The molecule has 0 saturated heterocycles. The molecule has 2 N–H and O–H groups in total. The van der Waals surface area contributed by atoms with E-state index in [4.69, 9.17) is 0 Å². The Kier molecular flexibility index (Phi) is 6.35. The standard InChI is InChI=1S/C25H21F3N8O2/c1-13-7-14(3-6-18(13)26)11-29-23(37)19-9-20(31-12-30-19)24(38)32-21-10-25(27,28)17-8-15(4-5-16(17)21)22-33-34-35-36(22)2/h3-9,12,21H,10-11H2,1-2H3,(H,29,37)(H,32,38)/t21-/m0/s1. The molecule has 0 fully saturated rings. The largest absolute Gasteiger partial charge is 0.347 e. The third-order valence-corrected chi connectivity index (χ3v) is 6.27. The molecule has 0 unspecified atom stereocenters. The molecule has 5 rings (SSSR count). The van der Waals surface area contributed by atoms with E-state index < -0.39 is 30.2 Å². The van der Waals surface area contributed by atoms with Crippen LogP contribution in [0.3, 0.4) is 0 Å². The Morgan fingerprint density at radius 1 is 1.08 bits per heavy atom. The SMILES string of the molecule is Cc1cc(CNC(=O)c2cc(C(=O)N[C@H]3CC(F)(F)c4cc(-c5nnnn5C)ccc43)ncn2)ccc1F. The number of carbonyl (C=O) groups is 2. The maximum absolute atomic E-state index is 14.9. The van der Waals surface area contributed by atoms with E-state index in [2.05, 4.69) is 36.1 Å². The number of aryl methyl sites for hydroxylation is 2. The number of tetrazole rings is 1. The number of halogens is 3. The van der Waals surface area contributed by atoms with E-state index in [9.17, 15) is 22.8 Å². The van der Waals surface area contributed by atoms with Gasteiger partial charge in [-0.2, -0.15) is 0 Å². The summed E-state index contributed by atoms with van der Waals surface area (Å²) in [5.74, 6) is -4.52. The number of amides is 2. The molecular weight excluding hydrogens is 501 g/mol. The van der Waals surface area contributed by atoms with Crippen molar-refractivity contribution in [2.75, 3.05) is 0 Å². The van der Waals surface area contributed by atoms with Gasteiger partial charge in [0.25, 0.3) is 17.7 Å². The van der Waals surface area contributed by atoms with Crippen molar-refractivity contribution in [3.8, 4) is 11.4 Å². The quantitative estimate of drug-likeness (QED) is 0.399. The fourth-order valence-electron chi connectivity index (χ4n) is 4.32. The molecule has 0 radical (unpaired) electrons. The fourth-order valence-corrected chi connectivity index (χ4v) is 4.32. The van der Waals surface area contributed by atoms with Gasteiger partial charge in [-0.3, -0.25) is 9.59 Å². The number of aromatic nitrogens is 6. The lowest BCUT2D eigenvalue weighted by Gasteiger charge is -2.14. The first-order valence-corrected chi connectivity index (χ1v) is 11.5. The summed E-state index contributed by atoms with van der Waals surface area (Å²) in [6.45, 7) is 1.73. The minimum Gasteiger partial charge on any atom is -0.347 e. The molecule has 1 aliphatic carbocycles. The highest BCUT2D eigenvalue weighted by Gasteiger charge is 2.45. The predicted molar refractivity (Wildman–Crippen MR) is 127 cm³/mol. The second kappa shape index (κ2) is 9.65. The Morgan fingerprint density at radius 3 is 2.55 bits per heavy atom. The Balaban J connectivity index is 1.29. The number of fused-ring (bicyclic) bond motifs is 1. The van der Waals surface area contributed by atoms with Crippen LogP contribution < -0.4 is 10.6 Å². The van der Waals surface area contributed by atoms with Crippen LogP contribution in [0.15, 0.2) is 48.8 Å². The first-order valence-electron chi connectivity index (χ1n) is 11.5. The summed E-state index contributed by atoms with van der Waals surface area (Å²) >= 11 is 0. The first kappa shape index (κ1) is 25.0. The molecule has 2 aromatic carbocycles. The van der Waals surface area contributed by atoms with E-state index in [1.165, 1.54) is 28.9 Å². The molecule has 0 spiro atoms. The zero-order chi connectivity index (χ0) is 27.0. The highest BCUT2D eigenvalue weighted by atomic mass is 19.3. The van der Waals surface area contributed by atoms with Crippen molar-refractivity contribution in [3.63, 3.8) is 0 Å². The highest BCUT2D eigenvalue weighted by Crippen LogP contribution is 2.48. The molecule has 194 valence electrons. The van der Waals surface area contributed by atoms with E-state index in [-0.39, 0.29) is 34.9 Å². The van der Waals surface area contributed by atoms with Gasteiger partial charge in [-0.1, -0.05) is 24.3 Å². The predicted octanol–water partition coefficient (Wildman–Crippen LogP) is 3.01. The normalized spacial score (nSPS) is 15.7. The molecule has 38 heavy (non-hydrogen) atoms. The van der Waals surface area contributed by atoms with Gasteiger partial charge >= 0.3 is 0 Å². The lowest BCUT2D eigenvalue weighted by Crippen LogP contribution is -2.30. The van der Waals surface area contributed by atoms with Crippen molar-refractivity contribution in [3.05, 3.63) is 88.3 Å². The molecule has 2 amide bonds. The van der Waals surface area contributed by atoms with Crippen LogP contribution >= 0.6 is 0 Å². The average molecular weight is 522 g/mol. The topological polar surface area (TPSA) is 128 Å². The van der Waals surface area contributed by atoms with Crippen LogP contribution in [0, 0.1) is 12.7 Å². The molecule has 1 aliphatic rings. The van der Waals surface area contributed by atoms with E-state index in [1.54, 1.807) is 32.2 Å². The average Bonchev–Trinajstić information content (AvgIpc) is 3.44. The monoisotopic (exact) mass is 522 g/mol. The van der Waals surface area contributed by atoms with Gasteiger partial charge in [-0.05, 0) is 46.2 Å². The first-order chi connectivity index (χ1) is 18.1. The van der Waals surface area contributed by atoms with Crippen molar-refractivity contribution in [2.45, 2.75) is 31.9 Å². The molecule has 10 nitrogen and oxygen atoms in total. The number of rotatable bonds is 6. The number of nitrogens with one attached hydrogen (secondary N) is 2. The Hall–Kier alpha value is -4.68. The third kappa shape index (κ3) is 4.82. The van der Waals surface area contributed by atoms with E-state index in [0.717, 1.165) is 6.33 Å². The molecule has 1 atom stereocenters. The molecule has 2 aromatic heterocycles. The molecule has 4 aromatic rings. The number of hydrogen-bond donors (Lipinski definition) is 2. The molecule has 0 aliphatic heterocycles. The van der Waals surface area contributed by atoms with E-state index >= 15 is 0 Å². The number of alkyl halides is 2. The van der Waals surface area contributed by atoms with Crippen molar-refractivity contribution < 1.29 is 22.8 Å². The highest BCUT2D eigenvalue weighted by molar-refractivity contribution is 5.97. The summed E-state index contributed by atoms with van der Waals surface area (Å²) in [5.41, 5.74) is 1.36. The number of hydrogen-bond acceptors (Lipinski definition) is 7. The van der Waals surface area contributed by atoms with Gasteiger partial charge in [0.05, 0.1) is 6.04 Å². The second-order valence-corrected chi connectivity index (χ2v) is 8.92. The Labute approximate surface area is 214 Å². The van der Waals surface area contributed by atoms with Gasteiger partial charge in [0.2, 0.25) is 0 Å². The van der Waals surface area contributed by atoms with Crippen molar-refractivity contribution in [1.82, 2.24) is 40.8 Å². The zero-order valence-electron chi connectivity index (χ0n) is 20.2. The molecule has 0 bridgehead atoms. The lowest BCUT2D eigenvalue weighted by molar-refractivity contribution is -0.00843. The number of carbonyl (C=O) groups excluding carboxylic acids is 2. The van der Waals surface area contributed by atoms with Gasteiger partial charge in [0.1, 0.15) is 23.5 Å². The number of benzene rings is 2. The molecule has 0 saturated carbocycles. The van der Waals surface area contributed by atoms with Crippen molar-refractivity contribution in [2.24, 2.45) is 7.05 Å². The second-order valence-electron chi connectivity index (χ2n) is 8.92. The van der Waals surface area contributed by atoms with Crippen LogP contribution in [-0.4, -0.2) is 42.0 Å². The van der Waals surface area contributed by atoms with Crippen LogP contribution in [-0.2, 0) is 19.5 Å². The molecule has 2 heterocycles. The van der Waals surface area contributed by atoms with Crippen LogP contribution in [0.1, 0.15) is 55.7 Å². The van der Waals surface area contributed by atoms with Crippen molar-refractivity contribution in [1.29, 1.82) is 0 Å². The van der Waals surface area contributed by atoms with E-state index in [1.807, 2.05) is 0 Å². The fraction of sp³-hybridized carbons (Fsp3) is 0.240. The van der Waals surface area contributed by atoms with E-state index in [0.29, 0.717) is 22.5 Å². The Bertz CT molecular complexity index is 1560. The summed E-state index contributed by atoms with van der Waals surface area (Å²) in [4.78, 5) is 33.3. The summed E-state index contributed by atoms with van der Waals surface area (Å²) in [6, 6.07) is 9.11. The smallest absolute Gasteiger partial charge is 0.275 e. The summed E-state index contributed by atoms with van der Waals surface area (Å²) in [7, 11) is 1.60. The van der Waals surface area contributed by atoms with Crippen LogP contribution in [0.5, 0.6) is 0 Å². The van der Waals surface area contributed by atoms with Crippen LogP contribution in [0.25, 0.3) is 11.4 Å². The minimum absolute atomic E-state index is 0.0805. The summed E-state index contributed by atoms with van der Waals surface area (Å²) in [5, 5.41) is 16.3. The Morgan fingerprint density at radius 2 is 1.84 bits per heavy atom.